The standard InChI is InChI=1S/C11H13BrFNO.C6H5BrFN/c12-8-1-2-11(10(13)7-8)14-9-3-5-15-6-4-9;7-4-1-2-6(9)5(8)3-4/h1-2,7,9,14H,3-6H2;1-3H,9H2. The molecule has 3 nitrogen and oxygen atoms in total. The molecule has 1 aliphatic heterocycles. The number of halogens is 4. The topological polar surface area (TPSA) is 47.3 Å². The van der Waals surface area contributed by atoms with Crippen LogP contribution in [-0.2, 0) is 4.74 Å². The third kappa shape index (κ3) is 6.03. The first kappa shape index (κ1) is 19.1. The summed E-state index contributed by atoms with van der Waals surface area (Å²) in [5, 5.41) is 3.20. The van der Waals surface area contributed by atoms with Crippen LogP contribution in [0.2, 0.25) is 0 Å². The molecule has 0 unspecified atom stereocenters. The van der Waals surface area contributed by atoms with Crippen LogP contribution in [0.1, 0.15) is 12.8 Å². The maximum atomic E-state index is 13.5. The zero-order valence-electron chi connectivity index (χ0n) is 12.9. The van der Waals surface area contributed by atoms with E-state index < -0.39 is 0 Å². The number of hydrogen-bond acceptors (Lipinski definition) is 3. The van der Waals surface area contributed by atoms with Crippen LogP contribution < -0.4 is 11.1 Å². The molecule has 1 aliphatic rings. The van der Waals surface area contributed by atoms with E-state index in [-0.39, 0.29) is 17.3 Å². The largest absolute Gasteiger partial charge is 0.396 e. The summed E-state index contributed by atoms with van der Waals surface area (Å²) in [6.45, 7) is 1.52. The smallest absolute Gasteiger partial charge is 0.147 e. The van der Waals surface area contributed by atoms with Gasteiger partial charge < -0.3 is 15.8 Å². The Morgan fingerprint density at radius 1 is 0.958 bits per heavy atom. The first-order chi connectivity index (χ1) is 11.5. The van der Waals surface area contributed by atoms with Gasteiger partial charge in [0.1, 0.15) is 11.6 Å². The maximum absolute atomic E-state index is 13.5. The summed E-state index contributed by atoms with van der Waals surface area (Å²) in [7, 11) is 0. The number of rotatable bonds is 2. The molecule has 1 fully saturated rings. The summed E-state index contributed by atoms with van der Waals surface area (Å²) >= 11 is 6.33. The molecular formula is C17H18Br2F2N2O. The predicted molar refractivity (Wildman–Crippen MR) is 100 cm³/mol. The minimum absolute atomic E-state index is 0.179. The summed E-state index contributed by atoms with van der Waals surface area (Å²) in [6, 6.07) is 9.93. The maximum Gasteiger partial charge on any atom is 0.147 e. The van der Waals surface area contributed by atoms with Gasteiger partial charge in [0.15, 0.2) is 0 Å². The minimum Gasteiger partial charge on any atom is -0.396 e. The van der Waals surface area contributed by atoms with Gasteiger partial charge in [0, 0.05) is 28.2 Å². The van der Waals surface area contributed by atoms with Crippen LogP contribution in [-0.4, -0.2) is 19.3 Å². The normalized spacial score (nSPS) is 14.7. The van der Waals surface area contributed by atoms with E-state index in [4.69, 9.17) is 10.5 Å². The summed E-state index contributed by atoms with van der Waals surface area (Å²) in [6.07, 6.45) is 1.88. The highest BCUT2D eigenvalue weighted by Crippen LogP contribution is 2.22. The molecule has 0 spiro atoms. The fraction of sp³-hybridized carbons (Fsp3) is 0.294. The average Bonchev–Trinajstić information content (AvgIpc) is 2.56. The first-order valence-corrected chi connectivity index (χ1v) is 9.04. The Kier molecular flexibility index (Phi) is 7.45. The molecule has 0 aromatic heterocycles. The van der Waals surface area contributed by atoms with Gasteiger partial charge in [0.25, 0.3) is 0 Å². The van der Waals surface area contributed by atoms with Gasteiger partial charge in [0.2, 0.25) is 0 Å². The van der Waals surface area contributed by atoms with E-state index in [1.807, 2.05) is 6.07 Å². The van der Waals surface area contributed by atoms with Gasteiger partial charge in [-0.3, -0.25) is 0 Å². The molecule has 0 amide bonds. The van der Waals surface area contributed by atoms with Crippen LogP contribution >= 0.6 is 31.9 Å². The van der Waals surface area contributed by atoms with Gasteiger partial charge in [-0.05, 0) is 49.2 Å². The third-order valence-corrected chi connectivity index (χ3v) is 4.46. The van der Waals surface area contributed by atoms with E-state index in [0.717, 1.165) is 30.5 Å². The highest BCUT2D eigenvalue weighted by atomic mass is 79.9. The highest BCUT2D eigenvalue weighted by Gasteiger charge is 2.14. The lowest BCUT2D eigenvalue weighted by Gasteiger charge is -2.24. The van der Waals surface area contributed by atoms with Gasteiger partial charge >= 0.3 is 0 Å². The zero-order valence-corrected chi connectivity index (χ0v) is 16.0. The van der Waals surface area contributed by atoms with Crippen LogP contribution in [0.25, 0.3) is 0 Å². The lowest BCUT2D eigenvalue weighted by atomic mass is 10.1. The van der Waals surface area contributed by atoms with Crippen molar-refractivity contribution >= 4 is 43.2 Å². The number of nitrogen functional groups attached to an aromatic ring is 1. The van der Waals surface area contributed by atoms with E-state index in [0.29, 0.717) is 16.2 Å². The van der Waals surface area contributed by atoms with E-state index in [1.165, 1.54) is 18.2 Å². The van der Waals surface area contributed by atoms with Crippen LogP contribution in [0.15, 0.2) is 45.3 Å². The van der Waals surface area contributed by atoms with Crippen molar-refractivity contribution in [1.29, 1.82) is 0 Å². The van der Waals surface area contributed by atoms with Gasteiger partial charge in [-0.15, -0.1) is 0 Å². The number of anilines is 2. The van der Waals surface area contributed by atoms with Crippen LogP contribution in [0, 0.1) is 11.6 Å². The van der Waals surface area contributed by atoms with Gasteiger partial charge in [0.05, 0.1) is 11.4 Å². The predicted octanol–water partition coefficient (Wildman–Crippen LogP) is 5.35. The number of nitrogens with one attached hydrogen (secondary N) is 1. The van der Waals surface area contributed by atoms with E-state index in [9.17, 15) is 8.78 Å². The van der Waals surface area contributed by atoms with Crippen molar-refractivity contribution in [3.8, 4) is 0 Å². The second-order valence-electron chi connectivity index (χ2n) is 5.32. The Morgan fingerprint density at radius 3 is 2.08 bits per heavy atom. The quantitative estimate of drug-likeness (QED) is 0.590. The summed E-state index contributed by atoms with van der Waals surface area (Å²) in [4.78, 5) is 0. The third-order valence-electron chi connectivity index (χ3n) is 3.47. The SMILES string of the molecule is Fc1cc(Br)ccc1NC1CCOCC1.Nc1ccc(Br)cc1F. The van der Waals surface area contributed by atoms with Crippen LogP contribution in [0.4, 0.5) is 20.2 Å². The molecule has 24 heavy (non-hydrogen) atoms. The Balaban J connectivity index is 0.000000198. The highest BCUT2D eigenvalue weighted by molar-refractivity contribution is 9.10. The number of hydrogen-bond donors (Lipinski definition) is 2. The van der Waals surface area contributed by atoms with Crippen molar-refractivity contribution in [3.63, 3.8) is 0 Å². The Hall–Kier alpha value is -1.18. The van der Waals surface area contributed by atoms with Crippen molar-refractivity contribution in [3.05, 3.63) is 57.0 Å². The van der Waals surface area contributed by atoms with Crippen LogP contribution in [0.5, 0.6) is 0 Å². The Labute approximate surface area is 156 Å². The zero-order chi connectivity index (χ0) is 17.5. The van der Waals surface area contributed by atoms with Crippen molar-refractivity contribution < 1.29 is 13.5 Å². The Morgan fingerprint density at radius 2 is 1.54 bits per heavy atom. The van der Waals surface area contributed by atoms with Crippen molar-refractivity contribution in [2.75, 3.05) is 24.3 Å². The second kappa shape index (κ2) is 9.34. The van der Waals surface area contributed by atoms with Gasteiger partial charge in [-0.25, -0.2) is 8.78 Å². The summed E-state index contributed by atoms with van der Waals surface area (Å²) in [5.41, 5.74) is 5.95. The molecule has 2 aromatic rings. The minimum atomic E-state index is -0.385. The second-order valence-corrected chi connectivity index (χ2v) is 7.15. The summed E-state index contributed by atoms with van der Waals surface area (Å²) < 4.78 is 32.6. The monoisotopic (exact) mass is 462 g/mol. The lowest BCUT2D eigenvalue weighted by molar-refractivity contribution is 0.0904. The van der Waals surface area contributed by atoms with Crippen molar-refractivity contribution in [2.24, 2.45) is 0 Å². The first-order valence-electron chi connectivity index (χ1n) is 7.45. The molecule has 1 saturated heterocycles. The molecule has 0 atom stereocenters. The molecule has 7 heteroatoms. The Bertz CT molecular complexity index is 680. The number of nitrogens with two attached hydrogens (primary N) is 1. The van der Waals surface area contributed by atoms with Crippen LogP contribution in [0.3, 0.4) is 0 Å². The number of benzene rings is 2. The summed E-state index contributed by atoms with van der Waals surface area (Å²) in [5.74, 6) is -0.597. The molecule has 0 saturated carbocycles. The molecule has 0 aliphatic carbocycles. The molecule has 3 N–H and O–H groups in total. The molecular weight excluding hydrogens is 446 g/mol. The van der Waals surface area contributed by atoms with E-state index in [1.54, 1.807) is 12.1 Å². The number of ether oxygens (including phenoxy) is 1. The molecule has 0 bridgehead atoms. The molecule has 2 aromatic carbocycles. The van der Waals surface area contributed by atoms with E-state index >= 15 is 0 Å². The molecule has 130 valence electrons. The molecule has 3 rings (SSSR count). The van der Waals surface area contributed by atoms with E-state index in [2.05, 4.69) is 37.2 Å². The fourth-order valence-corrected chi connectivity index (χ4v) is 2.84. The van der Waals surface area contributed by atoms with Gasteiger partial charge in [-0.1, -0.05) is 31.9 Å². The molecule has 0 radical (unpaired) electrons. The lowest BCUT2D eigenvalue weighted by Crippen LogP contribution is -2.28. The van der Waals surface area contributed by atoms with Gasteiger partial charge in [-0.2, -0.15) is 0 Å². The van der Waals surface area contributed by atoms with Crippen molar-refractivity contribution in [2.45, 2.75) is 18.9 Å². The molecule has 1 heterocycles. The van der Waals surface area contributed by atoms with Crippen molar-refractivity contribution in [1.82, 2.24) is 0 Å². The fourth-order valence-electron chi connectivity index (χ4n) is 2.17. The average molecular weight is 464 g/mol.